The summed E-state index contributed by atoms with van der Waals surface area (Å²) in [6, 6.07) is 24.9. The van der Waals surface area contributed by atoms with Crippen LogP contribution in [0.4, 0.5) is 5.69 Å². The second kappa shape index (κ2) is 9.07. The number of aryl methyl sites for hydroxylation is 2. The van der Waals surface area contributed by atoms with Gasteiger partial charge >= 0.3 is 0 Å². The zero-order chi connectivity index (χ0) is 23.5. The predicted octanol–water partition coefficient (Wildman–Crippen LogP) is 5.82. The number of hydrogen-bond acceptors (Lipinski definition) is 4. The van der Waals surface area contributed by atoms with Gasteiger partial charge in [-0.1, -0.05) is 42.5 Å². The minimum Gasteiger partial charge on any atom is -0.457 e. The van der Waals surface area contributed by atoms with Gasteiger partial charge in [0.1, 0.15) is 11.5 Å². The van der Waals surface area contributed by atoms with Crippen molar-refractivity contribution in [1.29, 1.82) is 0 Å². The van der Waals surface area contributed by atoms with Crippen LogP contribution in [0.15, 0.2) is 78.9 Å². The van der Waals surface area contributed by atoms with Gasteiger partial charge in [-0.15, -0.1) is 0 Å². The molecule has 0 aliphatic heterocycles. The maximum Gasteiger partial charge on any atom is 0.276 e. The number of nitrogens with zero attached hydrogens (tertiary/aromatic N) is 3. The molecule has 5 aromatic rings. The van der Waals surface area contributed by atoms with Crippen LogP contribution in [-0.4, -0.2) is 25.9 Å². The predicted molar refractivity (Wildman–Crippen MR) is 134 cm³/mol. The number of anilines is 1. The molecular weight excluding hydrogens is 426 g/mol. The third-order valence-corrected chi connectivity index (χ3v) is 5.47. The fourth-order valence-electron chi connectivity index (χ4n) is 3.59. The van der Waals surface area contributed by atoms with Crippen LogP contribution < -0.4 is 10.1 Å². The smallest absolute Gasteiger partial charge is 0.276 e. The lowest BCUT2D eigenvalue weighted by Gasteiger charge is -2.08. The Kier molecular flexibility index (Phi) is 5.66. The molecule has 0 radical (unpaired) electrons. The van der Waals surface area contributed by atoms with Crippen molar-refractivity contribution in [2.75, 3.05) is 5.32 Å². The first-order valence-corrected chi connectivity index (χ1v) is 10.9. The van der Waals surface area contributed by atoms with Crippen molar-refractivity contribution in [3.8, 4) is 11.5 Å². The number of benzene rings is 3. The molecule has 168 valence electrons. The molecule has 7 nitrogen and oxygen atoms in total. The average molecular weight is 450 g/mol. The molecule has 0 saturated heterocycles. The van der Waals surface area contributed by atoms with E-state index in [1.165, 1.54) is 0 Å². The number of ether oxygens (including phenoxy) is 1. The Labute approximate surface area is 196 Å². The molecule has 2 aromatic heterocycles. The van der Waals surface area contributed by atoms with Crippen molar-refractivity contribution in [3.05, 3.63) is 102 Å². The largest absolute Gasteiger partial charge is 0.457 e. The molecule has 2 N–H and O–H groups in total. The second-order valence-corrected chi connectivity index (χ2v) is 7.94. The van der Waals surface area contributed by atoms with E-state index in [-0.39, 0.29) is 5.91 Å². The molecule has 3 aromatic carbocycles. The van der Waals surface area contributed by atoms with Crippen LogP contribution in [0.3, 0.4) is 0 Å². The summed E-state index contributed by atoms with van der Waals surface area (Å²) in [6.45, 7) is 1.90. The SMILES string of the molecule is Cc1cc(C(=O)Nc2cccc(Oc3ccc4c(C=Cc5ccccc5)n[nH]c4c3)c2)nn1C. The van der Waals surface area contributed by atoms with E-state index in [0.717, 1.165) is 27.9 Å². The topological polar surface area (TPSA) is 84.8 Å². The zero-order valence-electron chi connectivity index (χ0n) is 18.8. The molecule has 5 rings (SSSR count). The molecule has 2 heterocycles. The summed E-state index contributed by atoms with van der Waals surface area (Å²) in [5, 5.41) is 15.6. The van der Waals surface area contributed by atoms with E-state index >= 15 is 0 Å². The third kappa shape index (κ3) is 4.59. The molecule has 7 heteroatoms. The summed E-state index contributed by atoms with van der Waals surface area (Å²) >= 11 is 0. The Morgan fingerprint density at radius 3 is 2.59 bits per heavy atom. The van der Waals surface area contributed by atoms with E-state index in [9.17, 15) is 4.79 Å². The maximum atomic E-state index is 12.5. The van der Waals surface area contributed by atoms with Gasteiger partial charge in [-0.25, -0.2) is 0 Å². The van der Waals surface area contributed by atoms with Crippen LogP contribution in [0, 0.1) is 6.92 Å². The molecule has 0 atom stereocenters. The Balaban J connectivity index is 1.30. The Bertz CT molecular complexity index is 1480. The number of fused-ring (bicyclic) bond motifs is 1. The molecule has 0 bridgehead atoms. The molecule has 1 amide bonds. The van der Waals surface area contributed by atoms with Crippen molar-refractivity contribution in [1.82, 2.24) is 20.0 Å². The summed E-state index contributed by atoms with van der Waals surface area (Å²) in [4.78, 5) is 12.5. The van der Waals surface area contributed by atoms with Crippen LogP contribution in [0.2, 0.25) is 0 Å². The highest BCUT2D eigenvalue weighted by Crippen LogP contribution is 2.28. The number of amides is 1. The third-order valence-electron chi connectivity index (χ3n) is 5.47. The van der Waals surface area contributed by atoms with Crippen molar-refractivity contribution in [2.24, 2.45) is 7.05 Å². The number of aromatic amines is 1. The van der Waals surface area contributed by atoms with Gasteiger partial charge in [0.15, 0.2) is 5.69 Å². The summed E-state index contributed by atoms with van der Waals surface area (Å²) < 4.78 is 7.71. The second-order valence-electron chi connectivity index (χ2n) is 7.94. The Morgan fingerprint density at radius 2 is 1.79 bits per heavy atom. The van der Waals surface area contributed by atoms with E-state index in [1.807, 2.05) is 85.8 Å². The van der Waals surface area contributed by atoms with E-state index in [2.05, 4.69) is 20.6 Å². The first-order chi connectivity index (χ1) is 16.5. The van der Waals surface area contributed by atoms with Crippen LogP contribution in [0.25, 0.3) is 23.1 Å². The summed E-state index contributed by atoms with van der Waals surface area (Å²) in [7, 11) is 1.81. The fourth-order valence-corrected chi connectivity index (χ4v) is 3.59. The molecule has 0 saturated carbocycles. The Morgan fingerprint density at radius 1 is 0.971 bits per heavy atom. The highest BCUT2D eigenvalue weighted by atomic mass is 16.5. The first-order valence-electron chi connectivity index (χ1n) is 10.9. The van der Waals surface area contributed by atoms with E-state index in [1.54, 1.807) is 23.9 Å². The molecule has 0 aliphatic carbocycles. The molecular formula is C27H23N5O2. The van der Waals surface area contributed by atoms with Gasteiger partial charge in [0, 0.05) is 35.9 Å². The number of aromatic nitrogens is 4. The standard InChI is InChI=1S/C27H23N5O2/c1-18-15-26(31-32(18)2)27(33)28-20-9-6-10-21(16-20)34-22-12-13-23-24(29-30-25(23)17-22)14-11-19-7-4-3-5-8-19/h3-17H,1-2H3,(H,28,33)(H,29,30). The highest BCUT2D eigenvalue weighted by Gasteiger charge is 2.12. The minimum atomic E-state index is -0.268. The zero-order valence-corrected chi connectivity index (χ0v) is 18.8. The van der Waals surface area contributed by atoms with Crippen LogP contribution in [0.5, 0.6) is 11.5 Å². The van der Waals surface area contributed by atoms with Crippen molar-refractivity contribution in [3.63, 3.8) is 0 Å². The monoisotopic (exact) mass is 449 g/mol. The molecule has 0 fully saturated rings. The summed E-state index contributed by atoms with van der Waals surface area (Å²) in [6.07, 6.45) is 4.02. The number of nitrogens with one attached hydrogen (secondary N) is 2. The summed E-state index contributed by atoms with van der Waals surface area (Å²) in [5.74, 6) is 1.01. The number of carbonyl (C=O) groups excluding carboxylic acids is 1. The highest BCUT2D eigenvalue weighted by molar-refractivity contribution is 6.03. The van der Waals surface area contributed by atoms with Crippen molar-refractivity contribution < 1.29 is 9.53 Å². The van der Waals surface area contributed by atoms with Crippen LogP contribution in [0.1, 0.15) is 27.4 Å². The lowest BCUT2D eigenvalue weighted by atomic mass is 10.1. The number of hydrogen-bond donors (Lipinski definition) is 2. The van der Waals surface area contributed by atoms with Gasteiger partial charge < -0.3 is 10.1 Å². The van der Waals surface area contributed by atoms with Gasteiger partial charge in [-0.3, -0.25) is 14.6 Å². The number of H-pyrrole nitrogens is 1. The molecule has 0 unspecified atom stereocenters. The van der Waals surface area contributed by atoms with E-state index < -0.39 is 0 Å². The van der Waals surface area contributed by atoms with E-state index in [4.69, 9.17) is 4.74 Å². The van der Waals surface area contributed by atoms with Crippen molar-refractivity contribution in [2.45, 2.75) is 6.92 Å². The van der Waals surface area contributed by atoms with Gasteiger partial charge in [-0.05, 0) is 48.9 Å². The van der Waals surface area contributed by atoms with Gasteiger partial charge in [0.05, 0.1) is 11.2 Å². The number of carbonyl (C=O) groups is 1. The van der Waals surface area contributed by atoms with Gasteiger partial charge in [0.2, 0.25) is 0 Å². The number of rotatable bonds is 6. The average Bonchev–Trinajstić information content (AvgIpc) is 3.41. The summed E-state index contributed by atoms with van der Waals surface area (Å²) in [5.41, 5.74) is 4.76. The van der Waals surface area contributed by atoms with Gasteiger partial charge in [0.25, 0.3) is 5.91 Å². The normalized spacial score (nSPS) is 11.2. The molecule has 0 spiro atoms. The maximum absolute atomic E-state index is 12.5. The van der Waals surface area contributed by atoms with Crippen molar-refractivity contribution >= 4 is 34.6 Å². The Hall–Kier alpha value is -4.65. The van der Waals surface area contributed by atoms with Gasteiger partial charge in [-0.2, -0.15) is 10.2 Å². The first kappa shape index (κ1) is 21.2. The van der Waals surface area contributed by atoms with Crippen LogP contribution in [-0.2, 0) is 7.05 Å². The molecule has 0 aliphatic rings. The fraction of sp³-hybridized carbons (Fsp3) is 0.0741. The quantitative estimate of drug-likeness (QED) is 0.342. The molecule has 34 heavy (non-hydrogen) atoms. The van der Waals surface area contributed by atoms with Crippen LogP contribution >= 0.6 is 0 Å². The lowest BCUT2D eigenvalue weighted by molar-refractivity contribution is 0.102. The lowest BCUT2D eigenvalue weighted by Crippen LogP contribution is -2.13. The van der Waals surface area contributed by atoms with E-state index in [0.29, 0.717) is 22.9 Å². The minimum absolute atomic E-state index is 0.268.